The minimum absolute atomic E-state index is 0.133. The van der Waals surface area contributed by atoms with E-state index in [2.05, 4.69) is 20.8 Å². The van der Waals surface area contributed by atoms with E-state index in [1.54, 1.807) is 7.11 Å². The summed E-state index contributed by atoms with van der Waals surface area (Å²) < 4.78 is 7.32. The second-order valence-electron chi connectivity index (χ2n) is 7.72. The van der Waals surface area contributed by atoms with E-state index >= 15 is 0 Å². The maximum absolute atomic E-state index is 12.6. The summed E-state index contributed by atoms with van der Waals surface area (Å²) in [6.45, 7) is 3.44. The van der Waals surface area contributed by atoms with Gasteiger partial charge in [-0.3, -0.25) is 14.2 Å². The van der Waals surface area contributed by atoms with Gasteiger partial charge in [-0.25, -0.2) is 0 Å². The summed E-state index contributed by atoms with van der Waals surface area (Å²) >= 11 is 1.32. The molecule has 166 valence electrons. The molecule has 32 heavy (non-hydrogen) atoms. The number of hydrogen-bond acceptors (Lipinski definition) is 6. The molecule has 0 unspecified atom stereocenters. The summed E-state index contributed by atoms with van der Waals surface area (Å²) in [5.74, 6) is 1.74. The van der Waals surface area contributed by atoms with E-state index in [0.717, 1.165) is 29.9 Å². The Morgan fingerprint density at radius 2 is 1.97 bits per heavy atom. The number of benzene rings is 2. The highest BCUT2D eigenvalue weighted by Gasteiger charge is 2.31. The minimum Gasteiger partial charge on any atom is -0.495 e. The standard InChI is InChI=1S/C23H25N5O3S/c1-14-7-10-20(31-3)19(11-14)25-21(30)13-32-23-27-26-22(16-8-9-16)28(23)18-6-4-5-17(12-18)24-15(2)29/h4-7,10-12,16H,8-9,13H2,1-3H3,(H,24,29)(H,25,30). The van der Waals surface area contributed by atoms with Crippen molar-refractivity contribution in [2.45, 2.75) is 37.8 Å². The summed E-state index contributed by atoms with van der Waals surface area (Å²) in [5, 5.41) is 15.1. The first-order chi connectivity index (χ1) is 15.4. The van der Waals surface area contributed by atoms with Crippen molar-refractivity contribution in [3.8, 4) is 11.4 Å². The van der Waals surface area contributed by atoms with Crippen LogP contribution in [0.1, 0.15) is 37.1 Å². The highest BCUT2D eigenvalue weighted by molar-refractivity contribution is 7.99. The summed E-state index contributed by atoms with van der Waals surface area (Å²) in [6.07, 6.45) is 2.14. The zero-order valence-electron chi connectivity index (χ0n) is 18.2. The second kappa shape index (κ2) is 9.44. The normalized spacial score (nSPS) is 13.0. The Balaban J connectivity index is 1.53. The Morgan fingerprint density at radius 3 is 2.69 bits per heavy atom. The lowest BCUT2D eigenvalue weighted by Crippen LogP contribution is -2.15. The molecule has 0 bridgehead atoms. The molecule has 9 heteroatoms. The van der Waals surface area contributed by atoms with Crippen LogP contribution in [0.15, 0.2) is 47.6 Å². The van der Waals surface area contributed by atoms with Crippen molar-refractivity contribution in [1.29, 1.82) is 0 Å². The van der Waals surface area contributed by atoms with E-state index in [0.29, 0.717) is 28.2 Å². The van der Waals surface area contributed by atoms with E-state index in [4.69, 9.17) is 4.74 Å². The molecule has 1 heterocycles. The predicted molar refractivity (Wildman–Crippen MR) is 125 cm³/mol. The van der Waals surface area contributed by atoms with E-state index in [9.17, 15) is 9.59 Å². The lowest BCUT2D eigenvalue weighted by molar-refractivity contribution is -0.114. The van der Waals surface area contributed by atoms with Crippen LogP contribution >= 0.6 is 11.8 Å². The van der Waals surface area contributed by atoms with Gasteiger partial charge in [-0.1, -0.05) is 23.9 Å². The number of aromatic nitrogens is 3. The maximum Gasteiger partial charge on any atom is 0.234 e. The lowest BCUT2D eigenvalue weighted by atomic mass is 10.2. The van der Waals surface area contributed by atoms with Crippen LogP contribution in [-0.2, 0) is 9.59 Å². The van der Waals surface area contributed by atoms with Crippen molar-refractivity contribution in [2.75, 3.05) is 23.5 Å². The molecule has 1 aliphatic carbocycles. The molecule has 4 rings (SSSR count). The average Bonchev–Trinajstić information content (AvgIpc) is 3.51. The number of anilines is 2. The number of amides is 2. The molecule has 0 saturated heterocycles. The van der Waals surface area contributed by atoms with Crippen LogP contribution in [0.5, 0.6) is 5.75 Å². The molecule has 0 spiro atoms. The number of methoxy groups -OCH3 is 1. The average molecular weight is 452 g/mol. The third-order valence-corrected chi connectivity index (χ3v) is 5.92. The molecule has 1 aromatic heterocycles. The van der Waals surface area contributed by atoms with E-state index < -0.39 is 0 Å². The number of aryl methyl sites for hydroxylation is 1. The van der Waals surface area contributed by atoms with Crippen molar-refractivity contribution < 1.29 is 14.3 Å². The van der Waals surface area contributed by atoms with Gasteiger partial charge in [0.15, 0.2) is 5.16 Å². The molecule has 3 aromatic rings. The third kappa shape index (κ3) is 5.11. The molecular weight excluding hydrogens is 426 g/mol. The Kier molecular flexibility index (Phi) is 6.45. The van der Waals surface area contributed by atoms with Gasteiger partial charge >= 0.3 is 0 Å². The zero-order chi connectivity index (χ0) is 22.7. The SMILES string of the molecule is COc1ccc(C)cc1NC(=O)CSc1nnc(C2CC2)n1-c1cccc(NC(C)=O)c1. The molecule has 2 aromatic carbocycles. The number of thioether (sulfide) groups is 1. The van der Waals surface area contributed by atoms with Gasteiger partial charge < -0.3 is 15.4 Å². The number of carbonyl (C=O) groups excluding carboxylic acids is 2. The maximum atomic E-state index is 12.6. The highest BCUT2D eigenvalue weighted by Crippen LogP contribution is 2.41. The first-order valence-electron chi connectivity index (χ1n) is 10.3. The molecular formula is C23H25N5O3S. The molecule has 1 fully saturated rings. The van der Waals surface area contributed by atoms with Gasteiger partial charge in [0.2, 0.25) is 11.8 Å². The number of nitrogens with one attached hydrogen (secondary N) is 2. The number of nitrogens with zero attached hydrogens (tertiary/aromatic N) is 3. The van der Waals surface area contributed by atoms with Gasteiger partial charge in [0.25, 0.3) is 0 Å². The lowest BCUT2D eigenvalue weighted by Gasteiger charge is -2.13. The fourth-order valence-corrected chi connectivity index (χ4v) is 4.14. The van der Waals surface area contributed by atoms with Crippen molar-refractivity contribution in [3.63, 3.8) is 0 Å². The first-order valence-corrected chi connectivity index (χ1v) is 11.3. The number of rotatable bonds is 8. The fourth-order valence-electron chi connectivity index (χ4n) is 3.39. The Bertz CT molecular complexity index is 1160. The van der Waals surface area contributed by atoms with Crippen molar-refractivity contribution in [3.05, 3.63) is 53.9 Å². The summed E-state index contributed by atoms with van der Waals surface area (Å²) in [7, 11) is 1.58. The molecule has 2 N–H and O–H groups in total. The fraction of sp³-hybridized carbons (Fsp3) is 0.304. The zero-order valence-corrected chi connectivity index (χ0v) is 19.0. The van der Waals surface area contributed by atoms with Crippen LogP contribution < -0.4 is 15.4 Å². The highest BCUT2D eigenvalue weighted by atomic mass is 32.2. The van der Waals surface area contributed by atoms with E-state index in [-0.39, 0.29) is 17.6 Å². The molecule has 0 radical (unpaired) electrons. The van der Waals surface area contributed by atoms with Gasteiger partial charge in [0.1, 0.15) is 11.6 Å². The second-order valence-corrected chi connectivity index (χ2v) is 8.67. The van der Waals surface area contributed by atoms with Gasteiger partial charge in [-0.15, -0.1) is 10.2 Å². The third-order valence-electron chi connectivity index (χ3n) is 4.99. The largest absolute Gasteiger partial charge is 0.495 e. The number of carbonyl (C=O) groups is 2. The van der Waals surface area contributed by atoms with Crippen LogP contribution in [-0.4, -0.2) is 39.4 Å². The van der Waals surface area contributed by atoms with Crippen LogP contribution in [0.2, 0.25) is 0 Å². The molecule has 2 amide bonds. The Labute approximate surface area is 190 Å². The molecule has 1 saturated carbocycles. The molecule has 1 aliphatic rings. The quantitative estimate of drug-likeness (QED) is 0.499. The summed E-state index contributed by atoms with van der Waals surface area (Å²) in [4.78, 5) is 24.1. The van der Waals surface area contributed by atoms with Gasteiger partial charge in [0.05, 0.1) is 24.2 Å². The van der Waals surface area contributed by atoms with Gasteiger partial charge in [-0.05, 0) is 55.7 Å². The van der Waals surface area contributed by atoms with Crippen LogP contribution in [0.3, 0.4) is 0 Å². The van der Waals surface area contributed by atoms with Crippen molar-refractivity contribution >= 4 is 35.0 Å². The van der Waals surface area contributed by atoms with Crippen LogP contribution in [0, 0.1) is 6.92 Å². The Hall–Kier alpha value is -3.33. The summed E-state index contributed by atoms with van der Waals surface area (Å²) in [6, 6.07) is 13.2. The van der Waals surface area contributed by atoms with E-state index in [1.807, 2.05) is 54.0 Å². The molecule has 8 nitrogen and oxygen atoms in total. The van der Waals surface area contributed by atoms with Gasteiger partial charge in [0, 0.05) is 18.5 Å². The molecule has 0 aliphatic heterocycles. The number of ether oxygens (including phenoxy) is 1. The predicted octanol–water partition coefficient (Wildman–Crippen LogP) is 4.15. The van der Waals surface area contributed by atoms with Crippen molar-refractivity contribution in [2.24, 2.45) is 0 Å². The first kappa shape index (κ1) is 21.9. The monoisotopic (exact) mass is 451 g/mol. The van der Waals surface area contributed by atoms with E-state index in [1.165, 1.54) is 18.7 Å². The number of hydrogen-bond donors (Lipinski definition) is 2. The van der Waals surface area contributed by atoms with Crippen LogP contribution in [0.4, 0.5) is 11.4 Å². The summed E-state index contributed by atoms with van der Waals surface area (Å²) in [5.41, 5.74) is 3.22. The molecule has 0 atom stereocenters. The van der Waals surface area contributed by atoms with Crippen molar-refractivity contribution in [1.82, 2.24) is 14.8 Å². The topological polar surface area (TPSA) is 98.1 Å². The Morgan fingerprint density at radius 1 is 1.16 bits per heavy atom. The minimum atomic E-state index is -0.159. The van der Waals surface area contributed by atoms with Gasteiger partial charge in [-0.2, -0.15) is 0 Å². The van der Waals surface area contributed by atoms with Crippen LogP contribution in [0.25, 0.3) is 5.69 Å². The smallest absolute Gasteiger partial charge is 0.234 e.